The van der Waals surface area contributed by atoms with Crippen LogP contribution >= 0.6 is 0 Å². The number of furan rings is 1. The van der Waals surface area contributed by atoms with Crippen molar-refractivity contribution in [2.24, 2.45) is 0 Å². The van der Waals surface area contributed by atoms with Gasteiger partial charge < -0.3 is 15.1 Å². The van der Waals surface area contributed by atoms with Gasteiger partial charge in [0.2, 0.25) is 5.91 Å². The molecule has 4 nitrogen and oxygen atoms in total. The molecule has 0 saturated heterocycles. The van der Waals surface area contributed by atoms with Gasteiger partial charge in [-0.2, -0.15) is 0 Å². The van der Waals surface area contributed by atoms with Crippen LogP contribution in [0.1, 0.15) is 23.8 Å². The molecule has 2 aromatic rings. The standard InChI is InChI=1S/C17H22N2O2/c1-13-5-3-6-15(11-13)8-9-18-14(2)17(20)19-12-16-7-4-10-21-16/h3-7,10-11,14,18H,8-9,12H2,1-2H3,(H,19,20). The molecule has 0 spiro atoms. The van der Waals surface area contributed by atoms with Gasteiger partial charge in [0.05, 0.1) is 18.8 Å². The Morgan fingerprint density at radius 2 is 2.14 bits per heavy atom. The molecule has 112 valence electrons. The van der Waals surface area contributed by atoms with Crippen LogP contribution in [0.5, 0.6) is 0 Å². The van der Waals surface area contributed by atoms with E-state index in [4.69, 9.17) is 4.42 Å². The Morgan fingerprint density at radius 1 is 1.29 bits per heavy atom. The summed E-state index contributed by atoms with van der Waals surface area (Å²) in [5, 5.41) is 6.09. The molecule has 0 aliphatic heterocycles. The van der Waals surface area contributed by atoms with Crippen LogP contribution in [-0.2, 0) is 17.8 Å². The first-order chi connectivity index (χ1) is 10.1. The topological polar surface area (TPSA) is 54.3 Å². The largest absolute Gasteiger partial charge is 0.467 e. The number of hydrogen-bond donors (Lipinski definition) is 2. The van der Waals surface area contributed by atoms with Crippen LogP contribution < -0.4 is 10.6 Å². The van der Waals surface area contributed by atoms with E-state index >= 15 is 0 Å². The van der Waals surface area contributed by atoms with Gasteiger partial charge in [0.1, 0.15) is 5.76 Å². The van der Waals surface area contributed by atoms with Crippen molar-refractivity contribution in [2.75, 3.05) is 6.54 Å². The summed E-state index contributed by atoms with van der Waals surface area (Å²) in [5.74, 6) is 0.742. The van der Waals surface area contributed by atoms with Gasteiger partial charge in [-0.15, -0.1) is 0 Å². The fourth-order valence-corrected chi connectivity index (χ4v) is 2.13. The molecule has 1 aromatic carbocycles. The third-order valence-electron chi connectivity index (χ3n) is 3.36. The van der Waals surface area contributed by atoms with E-state index in [0.29, 0.717) is 6.54 Å². The zero-order valence-corrected chi connectivity index (χ0v) is 12.6. The molecule has 4 heteroatoms. The fourth-order valence-electron chi connectivity index (χ4n) is 2.13. The molecule has 1 amide bonds. The molecule has 1 aromatic heterocycles. The Morgan fingerprint density at radius 3 is 2.86 bits per heavy atom. The predicted molar refractivity (Wildman–Crippen MR) is 82.9 cm³/mol. The Kier molecular flexibility index (Phi) is 5.58. The quantitative estimate of drug-likeness (QED) is 0.822. The lowest BCUT2D eigenvalue weighted by Gasteiger charge is -2.13. The molecule has 0 aliphatic rings. The van der Waals surface area contributed by atoms with Gasteiger partial charge >= 0.3 is 0 Å². The van der Waals surface area contributed by atoms with E-state index in [1.54, 1.807) is 6.26 Å². The second kappa shape index (κ2) is 7.64. The summed E-state index contributed by atoms with van der Waals surface area (Å²) < 4.78 is 5.18. The number of aryl methyl sites for hydroxylation is 1. The monoisotopic (exact) mass is 286 g/mol. The number of amides is 1. The van der Waals surface area contributed by atoms with Gasteiger partial charge in [-0.1, -0.05) is 29.8 Å². The Hall–Kier alpha value is -2.07. The second-order valence-corrected chi connectivity index (χ2v) is 5.21. The van der Waals surface area contributed by atoms with Gasteiger partial charge in [0, 0.05) is 0 Å². The minimum atomic E-state index is -0.218. The zero-order chi connectivity index (χ0) is 15.1. The number of carbonyl (C=O) groups excluding carboxylic acids is 1. The van der Waals surface area contributed by atoms with Crippen LogP contribution in [0.4, 0.5) is 0 Å². The fraction of sp³-hybridized carbons (Fsp3) is 0.353. The van der Waals surface area contributed by atoms with E-state index in [2.05, 4.69) is 41.8 Å². The second-order valence-electron chi connectivity index (χ2n) is 5.21. The molecule has 0 fully saturated rings. The molecule has 2 N–H and O–H groups in total. The van der Waals surface area contributed by atoms with E-state index in [0.717, 1.165) is 18.7 Å². The van der Waals surface area contributed by atoms with Crippen molar-refractivity contribution < 1.29 is 9.21 Å². The van der Waals surface area contributed by atoms with Gasteiger partial charge in [0.25, 0.3) is 0 Å². The maximum Gasteiger partial charge on any atom is 0.237 e. The molecule has 0 bridgehead atoms. The first-order valence-electron chi connectivity index (χ1n) is 7.24. The average molecular weight is 286 g/mol. The van der Waals surface area contributed by atoms with Crippen molar-refractivity contribution in [2.45, 2.75) is 32.9 Å². The lowest BCUT2D eigenvalue weighted by atomic mass is 10.1. The van der Waals surface area contributed by atoms with Gasteiger partial charge in [-0.05, 0) is 44.5 Å². The van der Waals surface area contributed by atoms with Crippen LogP contribution in [0.15, 0.2) is 47.1 Å². The first-order valence-corrected chi connectivity index (χ1v) is 7.24. The third kappa shape index (κ3) is 5.08. The van der Waals surface area contributed by atoms with Crippen molar-refractivity contribution >= 4 is 5.91 Å². The minimum absolute atomic E-state index is 0.0179. The Bertz CT molecular complexity index is 564. The van der Waals surface area contributed by atoms with E-state index < -0.39 is 0 Å². The van der Waals surface area contributed by atoms with Gasteiger partial charge in [-0.25, -0.2) is 0 Å². The molecular formula is C17H22N2O2. The number of rotatable bonds is 7. The van der Waals surface area contributed by atoms with Crippen molar-refractivity contribution in [3.63, 3.8) is 0 Å². The molecule has 1 heterocycles. The molecule has 21 heavy (non-hydrogen) atoms. The summed E-state index contributed by atoms with van der Waals surface area (Å²) in [4.78, 5) is 11.9. The minimum Gasteiger partial charge on any atom is -0.467 e. The summed E-state index contributed by atoms with van der Waals surface area (Å²) in [6.07, 6.45) is 2.52. The summed E-state index contributed by atoms with van der Waals surface area (Å²) >= 11 is 0. The highest BCUT2D eigenvalue weighted by Gasteiger charge is 2.11. The highest BCUT2D eigenvalue weighted by molar-refractivity contribution is 5.81. The summed E-state index contributed by atoms with van der Waals surface area (Å²) in [6.45, 7) is 5.16. The summed E-state index contributed by atoms with van der Waals surface area (Å²) in [6, 6.07) is 11.9. The zero-order valence-electron chi connectivity index (χ0n) is 12.6. The molecule has 0 radical (unpaired) electrons. The Labute approximate surface area is 125 Å². The van der Waals surface area contributed by atoms with E-state index in [1.807, 2.05) is 19.1 Å². The van der Waals surface area contributed by atoms with Crippen LogP contribution in [-0.4, -0.2) is 18.5 Å². The molecule has 1 atom stereocenters. The normalized spacial score (nSPS) is 12.1. The van der Waals surface area contributed by atoms with Crippen molar-refractivity contribution in [3.05, 3.63) is 59.5 Å². The number of benzene rings is 1. The Balaban J connectivity index is 1.68. The van der Waals surface area contributed by atoms with Gasteiger partial charge in [0.15, 0.2) is 0 Å². The molecule has 0 saturated carbocycles. The van der Waals surface area contributed by atoms with Crippen LogP contribution in [0.25, 0.3) is 0 Å². The maximum absolute atomic E-state index is 11.9. The average Bonchev–Trinajstić information content (AvgIpc) is 2.98. The SMILES string of the molecule is Cc1cccc(CCNC(C)C(=O)NCc2ccco2)c1. The van der Waals surface area contributed by atoms with E-state index in [9.17, 15) is 4.79 Å². The summed E-state index contributed by atoms with van der Waals surface area (Å²) in [5.41, 5.74) is 2.54. The molecular weight excluding hydrogens is 264 g/mol. The van der Waals surface area contributed by atoms with Crippen molar-refractivity contribution in [3.8, 4) is 0 Å². The first kappa shape index (κ1) is 15.3. The van der Waals surface area contributed by atoms with E-state index in [1.165, 1.54) is 11.1 Å². The highest BCUT2D eigenvalue weighted by atomic mass is 16.3. The van der Waals surface area contributed by atoms with Crippen LogP contribution in [0.3, 0.4) is 0 Å². The van der Waals surface area contributed by atoms with Gasteiger partial charge in [-0.3, -0.25) is 4.79 Å². The maximum atomic E-state index is 11.9. The van der Waals surface area contributed by atoms with E-state index in [-0.39, 0.29) is 11.9 Å². The lowest BCUT2D eigenvalue weighted by molar-refractivity contribution is -0.123. The van der Waals surface area contributed by atoms with Crippen LogP contribution in [0, 0.1) is 6.92 Å². The number of carbonyl (C=O) groups is 1. The number of nitrogens with one attached hydrogen (secondary N) is 2. The molecule has 0 aliphatic carbocycles. The van der Waals surface area contributed by atoms with Crippen LogP contribution in [0.2, 0.25) is 0 Å². The van der Waals surface area contributed by atoms with Crippen molar-refractivity contribution in [1.29, 1.82) is 0 Å². The van der Waals surface area contributed by atoms with Crippen molar-refractivity contribution in [1.82, 2.24) is 10.6 Å². The smallest absolute Gasteiger partial charge is 0.237 e. The lowest BCUT2D eigenvalue weighted by Crippen LogP contribution is -2.42. The molecule has 2 rings (SSSR count). The third-order valence-corrected chi connectivity index (χ3v) is 3.36. The predicted octanol–water partition coefficient (Wildman–Crippen LogP) is 2.43. The number of hydrogen-bond acceptors (Lipinski definition) is 3. The molecule has 1 unspecified atom stereocenters. The summed E-state index contributed by atoms with van der Waals surface area (Å²) in [7, 11) is 0. The highest BCUT2D eigenvalue weighted by Crippen LogP contribution is 2.04.